The fraction of sp³-hybridized carbons (Fsp3) is 0.375. The van der Waals surface area contributed by atoms with Crippen LogP contribution in [0, 0.1) is 0 Å². The summed E-state index contributed by atoms with van der Waals surface area (Å²) in [7, 11) is 3.66. The average Bonchev–Trinajstić information content (AvgIpc) is 2.04. The van der Waals surface area contributed by atoms with Crippen molar-refractivity contribution in [3.05, 3.63) is 23.3 Å². The van der Waals surface area contributed by atoms with Gasteiger partial charge in [0.05, 0.1) is 11.8 Å². The molecule has 1 rings (SSSR count). The summed E-state index contributed by atoms with van der Waals surface area (Å²) in [6.07, 6.45) is 5.73. The Labute approximate surface area is 71.7 Å². The third-order valence-corrected chi connectivity index (χ3v) is 1.86. The molecule has 0 aromatic rings. The number of hydrogen-bond donors (Lipinski definition) is 1. The van der Waals surface area contributed by atoms with Gasteiger partial charge in [0.1, 0.15) is 0 Å². The molecule has 0 spiro atoms. The van der Waals surface area contributed by atoms with Crippen molar-refractivity contribution in [2.24, 2.45) is 4.99 Å². The van der Waals surface area contributed by atoms with Gasteiger partial charge in [-0.1, -0.05) is 17.7 Å². The number of allylic oxidation sites excluding steroid dienone is 2. The van der Waals surface area contributed by atoms with E-state index in [4.69, 9.17) is 11.6 Å². The molecule has 60 valence electrons. The number of rotatable bonds is 1. The highest BCUT2D eigenvalue weighted by atomic mass is 35.5. The molecule has 1 aliphatic carbocycles. The summed E-state index contributed by atoms with van der Waals surface area (Å²) in [5, 5.41) is 3.84. The lowest BCUT2D eigenvalue weighted by molar-refractivity contribution is 0.821. The van der Waals surface area contributed by atoms with Gasteiger partial charge >= 0.3 is 0 Å². The first-order chi connectivity index (χ1) is 5.27. The summed E-state index contributed by atoms with van der Waals surface area (Å²) < 4.78 is 0. The van der Waals surface area contributed by atoms with Gasteiger partial charge in [-0.3, -0.25) is 4.99 Å². The van der Waals surface area contributed by atoms with E-state index in [9.17, 15) is 0 Å². The van der Waals surface area contributed by atoms with Gasteiger partial charge in [-0.2, -0.15) is 0 Å². The summed E-state index contributed by atoms with van der Waals surface area (Å²) in [5.74, 6) is 0. The van der Waals surface area contributed by atoms with Gasteiger partial charge in [-0.25, -0.2) is 0 Å². The first kappa shape index (κ1) is 8.50. The Balaban J connectivity index is 2.84. The van der Waals surface area contributed by atoms with Gasteiger partial charge < -0.3 is 5.32 Å². The van der Waals surface area contributed by atoms with Crippen molar-refractivity contribution in [1.82, 2.24) is 5.32 Å². The van der Waals surface area contributed by atoms with E-state index in [0.717, 1.165) is 10.7 Å². The maximum Gasteiger partial charge on any atom is 0.0678 e. The summed E-state index contributed by atoms with van der Waals surface area (Å²) in [6, 6.07) is 0.211. The van der Waals surface area contributed by atoms with E-state index in [2.05, 4.69) is 10.3 Å². The lowest BCUT2D eigenvalue weighted by Gasteiger charge is -2.14. The van der Waals surface area contributed by atoms with Crippen LogP contribution in [0.3, 0.4) is 0 Å². The number of nitrogens with one attached hydrogen (secondary N) is 1. The van der Waals surface area contributed by atoms with Crippen molar-refractivity contribution >= 4 is 17.3 Å². The van der Waals surface area contributed by atoms with Gasteiger partial charge in [0, 0.05) is 12.1 Å². The third kappa shape index (κ3) is 1.91. The van der Waals surface area contributed by atoms with Crippen LogP contribution in [0.2, 0.25) is 0 Å². The molecular weight excluding hydrogens is 160 g/mol. The number of halogens is 1. The monoisotopic (exact) mass is 170 g/mol. The average molecular weight is 171 g/mol. The van der Waals surface area contributed by atoms with Crippen LogP contribution in [0.4, 0.5) is 0 Å². The Bertz CT molecular complexity index is 228. The zero-order valence-electron chi connectivity index (χ0n) is 6.63. The topological polar surface area (TPSA) is 24.4 Å². The molecule has 1 atom stereocenters. The number of likely N-dealkylation sites (N-methyl/N-ethyl adjacent to an activating group) is 1. The van der Waals surface area contributed by atoms with Crippen molar-refractivity contribution in [1.29, 1.82) is 0 Å². The molecule has 11 heavy (non-hydrogen) atoms. The van der Waals surface area contributed by atoms with Crippen LogP contribution >= 0.6 is 11.6 Å². The van der Waals surface area contributed by atoms with Crippen LogP contribution < -0.4 is 5.32 Å². The molecule has 2 nitrogen and oxygen atoms in total. The Morgan fingerprint density at radius 3 is 2.91 bits per heavy atom. The van der Waals surface area contributed by atoms with E-state index in [1.54, 1.807) is 7.05 Å². The normalized spacial score (nSPS) is 27.4. The maximum atomic E-state index is 5.78. The SMILES string of the molecule is CN=C1C=C(Cl)C=CC1NC. The minimum Gasteiger partial charge on any atom is -0.309 e. The molecule has 1 aliphatic rings. The third-order valence-electron chi connectivity index (χ3n) is 1.62. The van der Waals surface area contributed by atoms with Gasteiger partial charge in [-0.05, 0) is 19.2 Å². The summed E-state index contributed by atoms with van der Waals surface area (Å²) >= 11 is 5.78. The van der Waals surface area contributed by atoms with Crippen molar-refractivity contribution in [3.63, 3.8) is 0 Å². The largest absolute Gasteiger partial charge is 0.309 e. The summed E-state index contributed by atoms with van der Waals surface area (Å²) in [6.45, 7) is 0. The molecule has 0 aromatic carbocycles. The molecule has 0 fully saturated rings. The minimum absolute atomic E-state index is 0.211. The lowest BCUT2D eigenvalue weighted by Crippen LogP contribution is -2.32. The zero-order chi connectivity index (χ0) is 8.27. The van der Waals surface area contributed by atoms with E-state index in [-0.39, 0.29) is 6.04 Å². The molecule has 1 N–H and O–H groups in total. The van der Waals surface area contributed by atoms with Crippen molar-refractivity contribution in [3.8, 4) is 0 Å². The fourth-order valence-corrected chi connectivity index (χ4v) is 1.20. The summed E-state index contributed by atoms with van der Waals surface area (Å²) in [4.78, 5) is 4.09. The lowest BCUT2D eigenvalue weighted by atomic mass is 10.1. The van der Waals surface area contributed by atoms with Crippen molar-refractivity contribution in [2.45, 2.75) is 6.04 Å². The molecule has 0 saturated carbocycles. The van der Waals surface area contributed by atoms with Gasteiger partial charge in [0.15, 0.2) is 0 Å². The Hall–Kier alpha value is -0.600. The fourth-order valence-electron chi connectivity index (χ4n) is 1.01. The predicted octanol–water partition coefficient (Wildman–Crippen LogP) is 1.34. The molecule has 0 aliphatic heterocycles. The van der Waals surface area contributed by atoms with Crippen LogP contribution in [0.5, 0.6) is 0 Å². The van der Waals surface area contributed by atoms with Gasteiger partial charge in [0.2, 0.25) is 0 Å². The van der Waals surface area contributed by atoms with Crippen LogP contribution in [0.1, 0.15) is 0 Å². The first-order valence-corrected chi connectivity index (χ1v) is 3.85. The minimum atomic E-state index is 0.211. The zero-order valence-corrected chi connectivity index (χ0v) is 7.39. The van der Waals surface area contributed by atoms with Crippen LogP contribution in [0.25, 0.3) is 0 Å². The van der Waals surface area contributed by atoms with E-state index in [1.165, 1.54) is 0 Å². The maximum absolute atomic E-state index is 5.78. The first-order valence-electron chi connectivity index (χ1n) is 3.47. The second kappa shape index (κ2) is 3.69. The molecule has 0 heterocycles. The highest BCUT2D eigenvalue weighted by Crippen LogP contribution is 2.11. The molecule has 0 radical (unpaired) electrons. The molecule has 0 aromatic heterocycles. The van der Waals surface area contributed by atoms with Crippen LogP contribution in [0.15, 0.2) is 28.3 Å². The number of hydrogen-bond acceptors (Lipinski definition) is 2. The summed E-state index contributed by atoms with van der Waals surface area (Å²) in [5.41, 5.74) is 0.972. The van der Waals surface area contributed by atoms with E-state index in [0.29, 0.717) is 0 Å². The van der Waals surface area contributed by atoms with Crippen LogP contribution in [-0.2, 0) is 0 Å². The highest BCUT2D eigenvalue weighted by Gasteiger charge is 2.11. The Morgan fingerprint density at radius 1 is 1.64 bits per heavy atom. The smallest absolute Gasteiger partial charge is 0.0678 e. The van der Waals surface area contributed by atoms with E-state index < -0.39 is 0 Å². The quantitative estimate of drug-likeness (QED) is 0.631. The molecule has 0 bridgehead atoms. The molecular formula is C8H11ClN2. The second-order valence-electron chi connectivity index (χ2n) is 2.30. The van der Waals surface area contributed by atoms with Crippen molar-refractivity contribution < 1.29 is 0 Å². The Morgan fingerprint density at radius 2 is 2.36 bits per heavy atom. The molecule has 0 amide bonds. The molecule has 0 saturated heterocycles. The second-order valence-corrected chi connectivity index (χ2v) is 2.74. The van der Waals surface area contributed by atoms with Gasteiger partial charge in [-0.15, -0.1) is 0 Å². The molecule has 1 unspecified atom stereocenters. The van der Waals surface area contributed by atoms with E-state index in [1.807, 2.05) is 25.3 Å². The number of nitrogens with zero attached hydrogens (tertiary/aromatic N) is 1. The molecule has 3 heteroatoms. The Kier molecular flexibility index (Phi) is 2.85. The number of aliphatic imine (C=N–C) groups is 1. The highest BCUT2D eigenvalue weighted by molar-refractivity contribution is 6.33. The van der Waals surface area contributed by atoms with Crippen molar-refractivity contribution in [2.75, 3.05) is 14.1 Å². The van der Waals surface area contributed by atoms with Crippen LogP contribution in [-0.4, -0.2) is 25.8 Å². The predicted molar refractivity (Wildman–Crippen MR) is 49.3 cm³/mol. The van der Waals surface area contributed by atoms with Gasteiger partial charge in [0.25, 0.3) is 0 Å². The standard InChI is InChI=1S/C8H11ClN2/c1-10-7-4-3-6(9)5-8(7)11-2/h3-5,7,10H,1-2H3. The van der Waals surface area contributed by atoms with E-state index >= 15 is 0 Å².